The molecule has 0 saturated carbocycles. The fourth-order valence-corrected chi connectivity index (χ4v) is 3.93. The second kappa shape index (κ2) is 8.19. The number of amides is 1. The second-order valence-electron chi connectivity index (χ2n) is 6.56. The number of pyridine rings is 1. The monoisotopic (exact) mass is 423 g/mol. The summed E-state index contributed by atoms with van der Waals surface area (Å²) >= 11 is 7.64. The summed E-state index contributed by atoms with van der Waals surface area (Å²) in [6.07, 6.45) is 1.07. The van der Waals surface area contributed by atoms with Gasteiger partial charge >= 0.3 is 0 Å². The quantitative estimate of drug-likeness (QED) is 0.445. The number of fused-ring (bicyclic) bond motifs is 1. The van der Waals surface area contributed by atoms with Gasteiger partial charge in [0.15, 0.2) is 6.10 Å². The summed E-state index contributed by atoms with van der Waals surface area (Å²) in [5, 5.41) is 4.29. The van der Waals surface area contributed by atoms with Crippen molar-refractivity contribution in [1.82, 2.24) is 9.97 Å². The maximum atomic E-state index is 12.6. The van der Waals surface area contributed by atoms with E-state index < -0.39 is 6.10 Å². The van der Waals surface area contributed by atoms with Crippen LogP contribution in [0.25, 0.3) is 20.9 Å². The molecule has 0 aliphatic heterocycles. The van der Waals surface area contributed by atoms with Crippen LogP contribution in [0.2, 0.25) is 5.02 Å². The fourth-order valence-electron chi connectivity index (χ4n) is 2.85. The average Bonchev–Trinajstić information content (AvgIpc) is 3.15. The Balaban J connectivity index is 1.49. The van der Waals surface area contributed by atoms with Crippen molar-refractivity contribution in [2.45, 2.75) is 20.0 Å². The van der Waals surface area contributed by atoms with Gasteiger partial charge in [0.2, 0.25) is 0 Å². The van der Waals surface area contributed by atoms with Crippen LogP contribution in [-0.2, 0) is 4.79 Å². The Kier molecular flexibility index (Phi) is 5.47. The summed E-state index contributed by atoms with van der Waals surface area (Å²) in [7, 11) is 0. The Morgan fingerprint density at radius 1 is 1.17 bits per heavy atom. The predicted molar refractivity (Wildman–Crippen MR) is 118 cm³/mol. The minimum Gasteiger partial charge on any atom is -0.479 e. The maximum absolute atomic E-state index is 12.6. The van der Waals surface area contributed by atoms with Gasteiger partial charge in [-0.25, -0.2) is 9.97 Å². The molecule has 0 fully saturated rings. The Bertz CT molecular complexity index is 1160. The first-order valence-corrected chi connectivity index (χ1v) is 10.3. The molecule has 0 spiro atoms. The van der Waals surface area contributed by atoms with Crippen LogP contribution >= 0.6 is 22.9 Å². The highest BCUT2D eigenvalue weighted by Crippen LogP contribution is 2.31. The number of rotatable bonds is 5. The number of carbonyl (C=O) groups excluding carboxylic acids is 1. The number of halogens is 1. The third-order valence-corrected chi connectivity index (χ3v) is 5.75. The standard InChI is InChI=1S/C22H18ClN3O2S/c1-13-12-15(21-26-18-7-5-11-24-22(18)29-21)9-10-17(13)25-20(27)14(2)28-19-8-4-3-6-16(19)23/h3-12,14H,1-2H3,(H,25,27). The van der Waals surface area contributed by atoms with Crippen LogP contribution in [0.15, 0.2) is 60.8 Å². The lowest BCUT2D eigenvalue weighted by atomic mass is 10.1. The van der Waals surface area contributed by atoms with Crippen molar-refractivity contribution in [3.05, 3.63) is 71.4 Å². The van der Waals surface area contributed by atoms with E-state index in [1.807, 2.05) is 49.4 Å². The number of para-hydroxylation sites is 1. The van der Waals surface area contributed by atoms with Crippen molar-refractivity contribution >= 4 is 44.9 Å². The summed E-state index contributed by atoms with van der Waals surface area (Å²) in [5.41, 5.74) is 3.54. The van der Waals surface area contributed by atoms with Crippen molar-refractivity contribution < 1.29 is 9.53 Å². The van der Waals surface area contributed by atoms with E-state index in [9.17, 15) is 4.79 Å². The van der Waals surface area contributed by atoms with E-state index in [1.165, 1.54) is 0 Å². The van der Waals surface area contributed by atoms with Crippen LogP contribution in [0, 0.1) is 6.92 Å². The molecule has 2 aromatic carbocycles. The summed E-state index contributed by atoms with van der Waals surface area (Å²) < 4.78 is 5.69. The molecule has 5 nitrogen and oxygen atoms in total. The number of nitrogens with zero attached hydrogens (tertiary/aromatic N) is 2. The normalized spacial score (nSPS) is 12.0. The summed E-state index contributed by atoms with van der Waals surface area (Å²) in [5.74, 6) is 0.235. The van der Waals surface area contributed by atoms with E-state index in [0.29, 0.717) is 10.8 Å². The lowest BCUT2D eigenvalue weighted by molar-refractivity contribution is -0.122. The molecule has 0 aliphatic carbocycles. The maximum Gasteiger partial charge on any atom is 0.265 e. The lowest BCUT2D eigenvalue weighted by Gasteiger charge is -2.16. The first-order chi connectivity index (χ1) is 14.0. The van der Waals surface area contributed by atoms with Gasteiger partial charge in [0.25, 0.3) is 5.91 Å². The number of hydrogen-bond donors (Lipinski definition) is 1. The first kappa shape index (κ1) is 19.4. The molecule has 4 rings (SSSR count). The second-order valence-corrected chi connectivity index (χ2v) is 7.94. The van der Waals surface area contributed by atoms with Crippen LogP contribution in [0.3, 0.4) is 0 Å². The average molecular weight is 424 g/mol. The molecule has 2 heterocycles. The molecule has 1 unspecified atom stereocenters. The zero-order valence-electron chi connectivity index (χ0n) is 15.8. The van der Waals surface area contributed by atoms with Crippen LogP contribution in [0.4, 0.5) is 5.69 Å². The number of benzene rings is 2. The van der Waals surface area contributed by atoms with E-state index in [1.54, 1.807) is 36.6 Å². The van der Waals surface area contributed by atoms with Crippen LogP contribution in [0.1, 0.15) is 12.5 Å². The minimum atomic E-state index is -0.690. The van der Waals surface area contributed by atoms with E-state index in [-0.39, 0.29) is 5.91 Å². The highest BCUT2D eigenvalue weighted by molar-refractivity contribution is 7.21. The molecule has 146 valence electrons. The molecule has 4 aromatic rings. The van der Waals surface area contributed by atoms with E-state index >= 15 is 0 Å². The van der Waals surface area contributed by atoms with Crippen LogP contribution in [0.5, 0.6) is 5.75 Å². The third kappa shape index (κ3) is 4.23. The van der Waals surface area contributed by atoms with Gasteiger partial charge in [-0.1, -0.05) is 35.1 Å². The topological polar surface area (TPSA) is 64.1 Å². The molecule has 1 atom stereocenters. The Morgan fingerprint density at radius 2 is 2.00 bits per heavy atom. The zero-order valence-corrected chi connectivity index (χ0v) is 17.4. The van der Waals surface area contributed by atoms with E-state index in [2.05, 4.69) is 15.3 Å². The summed E-state index contributed by atoms with van der Waals surface area (Å²) in [6, 6.07) is 16.7. The number of ether oxygens (including phenoxy) is 1. The van der Waals surface area contributed by atoms with Gasteiger partial charge in [0.05, 0.1) is 5.02 Å². The molecule has 0 bridgehead atoms. The molecule has 2 aromatic heterocycles. The van der Waals surface area contributed by atoms with Gasteiger partial charge in [-0.05, 0) is 61.9 Å². The van der Waals surface area contributed by atoms with Crippen LogP contribution < -0.4 is 10.1 Å². The SMILES string of the molecule is Cc1cc(-c2nc3cccnc3s2)ccc1NC(=O)C(C)Oc1ccccc1Cl. The zero-order chi connectivity index (χ0) is 20.4. The molecule has 1 N–H and O–H groups in total. The first-order valence-electron chi connectivity index (χ1n) is 9.06. The Morgan fingerprint density at radius 3 is 2.76 bits per heavy atom. The smallest absolute Gasteiger partial charge is 0.265 e. The van der Waals surface area contributed by atoms with Crippen molar-refractivity contribution in [1.29, 1.82) is 0 Å². The molecule has 0 radical (unpaired) electrons. The van der Waals surface area contributed by atoms with E-state index in [4.69, 9.17) is 16.3 Å². The molecule has 1 amide bonds. The fraction of sp³-hybridized carbons (Fsp3) is 0.136. The number of anilines is 1. The predicted octanol–water partition coefficient (Wildman–Crippen LogP) is 5.73. The molecule has 0 aliphatic rings. The number of hydrogen-bond acceptors (Lipinski definition) is 5. The number of thiazole rings is 1. The third-order valence-electron chi connectivity index (χ3n) is 4.41. The van der Waals surface area contributed by atoms with E-state index in [0.717, 1.165) is 32.2 Å². The van der Waals surface area contributed by atoms with Gasteiger partial charge in [0.1, 0.15) is 21.1 Å². The largest absolute Gasteiger partial charge is 0.479 e. The van der Waals surface area contributed by atoms with Crippen molar-refractivity contribution in [3.8, 4) is 16.3 Å². The van der Waals surface area contributed by atoms with Crippen molar-refractivity contribution in [2.24, 2.45) is 0 Å². The van der Waals surface area contributed by atoms with Crippen LogP contribution in [-0.4, -0.2) is 22.0 Å². The highest BCUT2D eigenvalue weighted by atomic mass is 35.5. The molecular weight excluding hydrogens is 406 g/mol. The Hall–Kier alpha value is -2.96. The number of aromatic nitrogens is 2. The number of aryl methyl sites for hydroxylation is 1. The Labute approximate surface area is 177 Å². The number of nitrogens with one attached hydrogen (secondary N) is 1. The molecular formula is C22H18ClN3O2S. The molecule has 7 heteroatoms. The summed E-state index contributed by atoms with van der Waals surface area (Å²) in [4.78, 5) is 22.4. The van der Waals surface area contributed by atoms with Gasteiger partial charge in [-0.3, -0.25) is 4.79 Å². The highest BCUT2D eigenvalue weighted by Gasteiger charge is 2.17. The lowest BCUT2D eigenvalue weighted by Crippen LogP contribution is -2.30. The van der Waals surface area contributed by atoms with Gasteiger partial charge < -0.3 is 10.1 Å². The summed E-state index contributed by atoms with van der Waals surface area (Å²) in [6.45, 7) is 3.64. The minimum absolute atomic E-state index is 0.245. The molecule has 29 heavy (non-hydrogen) atoms. The van der Waals surface area contributed by atoms with Gasteiger partial charge in [0, 0.05) is 17.4 Å². The van der Waals surface area contributed by atoms with Gasteiger partial charge in [-0.15, -0.1) is 0 Å². The molecule has 0 saturated heterocycles. The van der Waals surface area contributed by atoms with Crippen molar-refractivity contribution in [2.75, 3.05) is 5.32 Å². The number of carbonyl (C=O) groups is 1. The van der Waals surface area contributed by atoms with Crippen molar-refractivity contribution in [3.63, 3.8) is 0 Å². The van der Waals surface area contributed by atoms with Gasteiger partial charge in [-0.2, -0.15) is 0 Å².